The van der Waals surface area contributed by atoms with Crippen molar-refractivity contribution < 1.29 is 14.3 Å². The highest BCUT2D eigenvalue weighted by Crippen LogP contribution is 2.47. The molecule has 0 fully saturated rings. The zero-order valence-corrected chi connectivity index (χ0v) is 20.9. The second-order valence-electron chi connectivity index (χ2n) is 8.29. The maximum Gasteiger partial charge on any atom is 0.338 e. The van der Waals surface area contributed by atoms with E-state index in [2.05, 4.69) is 6.07 Å². The molecule has 2 heterocycles. The van der Waals surface area contributed by atoms with Gasteiger partial charge in [-0.15, -0.1) is 0 Å². The number of hydrogen-bond acceptors (Lipinski definition) is 8. The molecule has 0 aliphatic carbocycles. The second-order valence-corrected chi connectivity index (χ2v) is 9.26. The molecule has 0 bridgehead atoms. The van der Waals surface area contributed by atoms with Crippen LogP contribution in [-0.2, 0) is 16.1 Å². The largest absolute Gasteiger partial charge is 0.489 e. The van der Waals surface area contributed by atoms with Crippen LogP contribution < -0.4 is 10.5 Å². The number of nitrogens with two attached hydrogens (primary N) is 1. The first-order chi connectivity index (χ1) is 18.1. The summed E-state index contributed by atoms with van der Waals surface area (Å²) in [7, 11) is 0. The Morgan fingerprint density at radius 1 is 1.05 bits per heavy atom. The van der Waals surface area contributed by atoms with Crippen LogP contribution in [0.15, 0.2) is 106 Å². The molecule has 7 nitrogen and oxygen atoms in total. The number of esters is 1. The van der Waals surface area contributed by atoms with Gasteiger partial charge in [-0.25, -0.2) is 9.79 Å². The summed E-state index contributed by atoms with van der Waals surface area (Å²) in [4.78, 5) is 20.3. The number of rotatable bonds is 7. The Balaban J connectivity index is 1.58. The molecule has 0 radical (unpaired) electrons. The number of carbonyl (C=O) groups excluding carboxylic acids is 1. The summed E-state index contributed by atoms with van der Waals surface area (Å²) in [5.41, 5.74) is 9.90. The highest BCUT2D eigenvalue weighted by Gasteiger charge is 2.43. The van der Waals surface area contributed by atoms with Crippen LogP contribution in [-0.4, -0.2) is 22.6 Å². The number of benzene rings is 3. The number of nitrogens with zero attached hydrogens (tertiary/aromatic N) is 3. The van der Waals surface area contributed by atoms with Gasteiger partial charge in [0.2, 0.25) is 0 Å². The molecule has 0 saturated heterocycles. The first-order valence-electron chi connectivity index (χ1n) is 11.8. The molecule has 2 aliphatic heterocycles. The van der Waals surface area contributed by atoms with Gasteiger partial charge in [0.15, 0.2) is 5.17 Å². The number of carbonyl (C=O) groups is 1. The fraction of sp³-hybridized carbons (Fsp3) is 0.138. The molecule has 2 N–H and O–H groups in total. The predicted molar refractivity (Wildman–Crippen MR) is 144 cm³/mol. The van der Waals surface area contributed by atoms with Crippen molar-refractivity contribution in [1.29, 1.82) is 5.26 Å². The van der Waals surface area contributed by atoms with E-state index in [1.807, 2.05) is 84.9 Å². The van der Waals surface area contributed by atoms with Crippen molar-refractivity contribution in [3.63, 3.8) is 0 Å². The van der Waals surface area contributed by atoms with Crippen LogP contribution in [0.3, 0.4) is 0 Å². The minimum Gasteiger partial charge on any atom is -0.489 e. The fourth-order valence-corrected chi connectivity index (χ4v) is 5.13. The van der Waals surface area contributed by atoms with Crippen molar-refractivity contribution >= 4 is 28.6 Å². The molecule has 37 heavy (non-hydrogen) atoms. The molecule has 0 saturated carbocycles. The fourth-order valence-electron chi connectivity index (χ4n) is 4.26. The van der Waals surface area contributed by atoms with E-state index in [0.717, 1.165) is 16.7 Å². The SMILES string of the molecule is CCOC(=O)C1=C(c2ccccc2)N=C2SC(C#N)=C(N)N2[C@@H]1c1ccc(OCc2ccccc2)cc1. The van der Waals surface area contributed by atoms with Crippen LogP contribution in [0.25, 0.3) is 5.70 Å². The zero-order chi connectivity index (χ0) is 25.8. The van der Waals surface area contributed by atoms with Gasteiger partial charge in [0, 0.05) is 5.56 Å². The first kappa shape index (κ1) is 24.2. The van der Waals surface area contributed by atoms with Crippen LogP contribution in [0.2, 0.25) is 0 Å². The Morgan fingerprint density at radius 3 is 2.38 bits per heavy atom. The van der Waals surface area contributed by atoms with Gasteiger partial charge >= 0.3 is 5.97 Å². The molecule has 1 atom stereocenters. The molecule has 8 heteroatoms. The van der Waals surface area contributed by atoms with E-state index in [-0.39, 0.29) is 12.4 Å². The van der Waals surface area contributed by atoms with E-state index in [9.17, 15) is 10.1 Å². The summed E-state index contributed by atoms with van der Waals surface area (Å²) in [6.45, 7) is 2.42. The minimum absolute atomic E-state index is 0.212. The summed E-state index contributed by atoms with van der Waals surface area (Å²) in [5, 5.41) is 10.2. The van der Waals surface area contributed by atoms with Gasteiger partial charge in [-0.2, -0.15) is 5.26 Å². The van der Waals surface area contributed by atoms with Gasteiger partial charge in [-0.1, -0.05) is 72.8 Å². The third kappa shape index (κ3) is 4.82. The highest BCUT2D eigenvalue weighted by molar-refractivity contribution is 8.17. The van der Waals surface area contributed by atoms with E-state index in [4.69, 9.17) is 20.2 Å². The molecule has 0 amide bonds. The Hall–Kier alpha value is -4.48. The number of ether oxygens (including phenoxy) is 2. The molecule has 3 aromatic carbocycles. The minimum atomic E-state index is -0.636. The van der Waals surface area contributed by atoms with Crippen molar-refractivity contribution in [2.45, 2.75) is 19.6 Å². The van der Waals surface area contributed by atoms with Crippen molar-refractivity contribution in [1.82, 2.24) is 4.90 Å². The second kappa shape index (κ2) is 10.6. The number of thioether (sulfide) groups is 1. The number of allylic oxidation sites excluding steroid dienone is 1. The number of hydrogen-bond donors (Lipinski definition) is 1. The summed E-state index contributed by atoms with van der Waals surface area (Å²) < 4.78 is 11.4. The predicted octanol–water partition coefficient (Wildman–Crippen LogP) is 5.35. The third-order valence-corrected chi connectivity index (χ3v) is 6.95. The lowest BCUT2D eigenvalue weighted by Crippen LogP contribution is -2.38. The zero-order valence-electron chi connectivity index (χ0n) is 20.1. The number of amidine groups is 1. The molecule has 2 aliphatic rings. The smallest absolute Gasteiger partial charge is 0.338 e. The standard InChI is InChI=1S/C29H24N4O3S/c1-2-35-28(34)24-25(20-11-7-4-8-12-20)32-29-33(27(31)23(17-30)37-29)26(24)21-13-15-22(16-14-21)36-18-19-9-5-3-6-10-19/h3-16,26H,2,18,31H2,1H3/t26-/m1/s1. The molecule has 0 spiro atoms. The van der Waals surface area contributed by atoms with Gasteiger partial charge in [-0.05, 0) is 41.9 Å². The lowest BCUT2D eigenvalue weighted by atomic mass is 9.92. The average molecular weight is 509 g/mol. The highest BCUT2D eigenvalue weighted by atomic mass is 32.2. The van der Waals surface area contributed by atoms with E-state index < -0.39 is 12.0 Å². The lowest BCUT2D eigenvalue weighted by Gasteiger charge is -2.35. The average Bonchev–Trinajstić information content (AvgIpc) is 3.27. The number of aliphatic imine (C=N–C) groups is 1. The molecular formula is C29H24N4O3S. The van der Waals surface area contributed by atoms with Crippen LogP contribution in [0.5, 0.6) is 5.75 Å². The molecule has 0 aromatic heterocycles. The lowest BCUT2D eigenvalue weighted by molar-refractivity contribution is -0.139. The maximum atomic E-state index is 13.4. The Labute approximate surface area is 219 Å². The van der Waals surface area contributed by atoms with Gasteiger partial charge in [-0.3, -0.25) is 4.90 Å². The quantitative estimate of drug-likeness (QED) is 0.429. The van der Waals surface area contributed by atoms with E-state index in [1.54, 1.807) is 11.8 Å². The van der Waals surface area contributed by atoms with E-state index >= 15 is 0 Å². The van der Waals surface area contributed by atoms with Crippen LogP contribution in [0.1, 0.15) is 29.7 Å². The molecule has 184 valence electrons. The third-order valence-electron chi connectivity index (χ3n) is 5.97. The van der Waals surface area contributed by atoms with Crippen molar-refractivity contribution in [3.8, 4) is 11.8 Å². The Morgan fingerprint density at radius 2 is 1.73 bits per heavy atom. The van der Waals surface area contributed by atoms with E-state index in [0.29, 0.717) is 33.7 Å². The van der Waals surface area contributed by atoms with E-state index in [1.165, 1.54) is 11.8 Å². The summed E-state index contributed by atoms with van der Waals surface area (Å²) >= 11 is 1.19. The first-order valence-corrected chi connectivity index (χ1v) is 12.6. The molecular weight excluding hydrogens is 484 g/mol. The molecule has 0 unspecified atom stereocenters. The van der Waals surface area contributed by atoms with Crippen molar-refractivity contribution in [2.24, 2.45) is 10.7 Å². The monoisotopic (exact) mass is 508 g/mol. The normalized spacial score (nSPS) is 16.7. The van der Waals surface area contributed by atoms with Crippen LogP contribution in [0.4, 0.5) is 0 Å². The summed E-state index contributed by atoms with van der Waals surface area (Å²) in [6, 6.07) is 28.4. The van der Waals surface area contributed by atoms with Gasteiger partial charge < -0.3 is 15.2 Å². The van der Waals surface area contributed by atoms with Crippen LogP contribution >= 0.6 is 11.8 Å². The van der Waals surface area contributed by atoms with Gasteiger partial charge in [0.25, 0.3) is 0 Å². The molecule has 3 aromatic rings. The topological polar surface area (TPSA) is 101 Å². The summed E-state index contributed by atoms with van der Waals surface area (Å²) in [6.07, 6.45) is 0. The maximum absolute atomic E-state index is 13.4. The van der Waals surface area contributed by atoms with Crippen LogP contribution in [0, 0.1) is 11.3 Å². The van der Waals surface area contributed by atoms with Crippen molar-refractivity contribution in [2.75, 3.05) is 6.61 Å². The summed E-state index contributed by atoms with van der Waals surface area (Å²) in [5.74, 6) is 0.468. The van der Waals surface area contributed by atoms with Gasteiger partial charge in [0.05, 0.1) is 23.9 Å². The molecule has 5 rings (SSSR count). The number of nitriles is 1. The number of fused-ring (bicyclic) bond motifs is 1. The Bertz CT molecular complexity index is 1440. The van der Waals surface area contributed by atoms with Crippen molar-refractivity contribution in [3.05, 3.63) is 118 Å². The van der Waals surface area contributed by atoms with Gasteiger partial charge in [0.1, 0.15) is 29.2 Å². The Kier molecular flexibility index (Phi) is 6.97.